The van der Waals surface area contributed by atoms with E-state index in [4.69, 9.17) is 12.2 Å². The molecule has 7 nitrogen and oxygen atoms in total. The average Bonchev–Trinajstić information content (AvgIpc) is 2.83. The van der Waals surface area contributed by atoms with Crippen molar-refractivity contribution in [2.24, 2.45) is 0 Å². The predicted octanol–water partition coefficient (Wildman–Crippen LogP) is 2.81. The molecule has 0 radical (unpaired) electrons. The first-order valence-electron chi connectivity index (χ1n) is 11.3. The Bertz CT molecular complexity index is 1140. The molecule has 0 aromatic heterocycles. The molecule has 3 amide bonds. The van der Waals surface area contributed by atoms with E-state index in [1.54, 1.807) is 4.90 Å². The molecule has 3 rings (SSSR count). The van der Waals surface area contributed by atoms with Crippen molar-refractivity contribution in [3.8, 4) is 0 Å². The zero-order valence-corrected chi connectivity index (χ0v) is 20.6. The summed E-state index contributed by atoms with van der Waals surface area (Å²) >= 11 is 5.53. The minimum Gasteiger partial charge on any atom is -0.371 e. The van der Waals surface area contributed by atoms with Gasteiger partial charge in [-0.15, -0.1) is 0 Å². The molecule has 0 bridgehead atoms. The van der Waals surface area contributed by atoms with Crippen LogP contribution < -0.4 is 16.0 Å². The number of piperidine rings is 1. The van der Waals surface area contributed by atoms with Gasteiger partial charge in [0.1, 0.15) is 4.99 Å². The van der Waals surface area contributed by atoms with Crippen LogP contribution in [0.1, 0.15) is 40.4 Å². The molecule has 1 fully saturated rings. The Hall–Kier alpha value is -3.47. The molecule has 1 saturated heterocycles. The fourth-order valence-electron chi connectivity index (χ4n) is 3.87. The molecular weight excluding hydrogens is 493 g/mol. The van der Waals surface area contributed by atoms with Crippen molar-refractivity contribution >= 4 is 34.9 Å². The van der Waals surface area contributed by atoms with Gasteiger partial charge in [-0.3, -0.25) is 14.4 Å². The third-order valence-corrected chi connectivity index (χ3v) is 6.25. The van der Waals surface area contributed by atoms with Crippen LogP contribution >= 0.6 is 12.2 Å². The molecule has 3 N–H and O–H groups in total. The number of rotatable bonds is 6. The first kappa shape index (κ1) is 27.1. The molecular formula is C25H27F3N4O3S. The zero-order valence-electron chi connectivity index (χ0n) is 19.8. The molecule has 0 unspecified atom stereocenters. The third kappa shape index (κ3) is 7.27. The van der Waals surface area contributed by atoms with Crippen LogP contribution in [0.25, 0.3) is 0 Å². The van der Waals surface area contributed by atoms with Crippen LogP contribution in [-0.4, -0.2) is 59.3 Å². The Balaban J connectivity index is 1.62. The van der Waals surface area contributed by atoms with Gasteiger partial charge in [0.25, 0.3) is 5.91 Å². The van der Waals surface area contributed by atoms with Crippen LogP contribution in [-0.2, 0) is 15.8 Å². The third-order valence-electron chi connectivity index (χ3n) is 5.90. The van der Waals surface area contributed by atoms with Crippen LogP contribution in [0.5, 0.6) is 0 Å². The Labute approximate surface area is 212 Å². The summed E-state index contributed by atoms with van der Waals surface area (Å²) < 4.78 is 38.7. The van der Waals surface area contributed by atoms with E-state index < -0.39 is 36.1 Å². The van der Waals surface area contributed by atoms with Crippen LogP contribution in [0.3, 0.4) is 0 Å². The van der Waals surface area contributed by atoms with E-state index in [2.05, 4.69) is 16.0 Å². The van der Waals surface area contributed by atoms with Crippen molar-refractivity contribution in [1.29, 1.82) is 0 Å². The normalized spacial score (nSPS) is 17.8. The lowest BCUT2D eigenvalue weighted by Crippen LogP contribution is -2.61. The van der Waals surface area contributed by atoms with Crippen molar-refractivity contribution in [2.45, 2.75) is 38.5 Å². The number of halogens is 3. The van der Waals surface area contributed by atoms with E-state index in [0.29, 0.717) is 18.0 Å². The summed E-state index contributed by atoms with van der Waals surface area (Å²) in [6, 6.07) is 10.9. The minimum atomic E-state index is -4.58. The summed E-state index contributed by atoms with van der Waals surface area (Å²) in [4.78, 5) is 39.0. The summed E-state index contributed by atoms with van der Waals surface area (Å²) in [5.41, 5.74) is 0.752. The van der Waals surface area contributed by atoms with E-state index in [0.717, 1.165) is 29.3 Å². The first-order valence-corrected chi connectivity index (χ1v) is 11.7. The van der Waals surface area contributed by atoms with E-state index in [1.807, 2.05) is 31.2 Å². The molecule has 1 aliphatic heterocycles. The lowest BCUT2D eigenvalue weighted by atomic mass is 9.98. The zero-order chi connectivity index (χ0) is 26.5. The highest BCUT2D eigenvalue weighted by atomic mass is 32.1. The van der Waals surface area contributed by atoms with Crippen molar-refractivity contribution < 1.29 is 27.6 Å². The van der Waals surface area contributed by atoms with E-state index in [-0.39, 0.29) is 24.1 Å². The summed E-state index contributed by atoms with van der Waals surface area (Å²) in [7, 11) is 0. The van der Waals surface area contributed by atoms with Crippen LogP contribution in [0, 0.1) is 6.92 Å². The Morgan fingerprint density at radius 2 is 1.72 bits per heavy atom. The van der Waals surface area contributed by atoms with Crippen molar-refractivity contribution in [2.75, 3.05) is 19.6 Å². The maximum absolute atomic E-state index is 12.9. The van der Waals surface area contributed by atoms with E-state index in [9.17, 15) is 27.6 Å². The van der Waals surface area contributed by atoms with Crippen LogP contribution in [0.2, 0.25) is 0 Å². The second-order valence-corrected chi connectivity index (χ2v) is 9.04. The SMILES string of the molecule is CC(=O)N1CC[C@H](NC(=S)c2ccc(C)cc2)[C@H](NC(=O)CNC(=O)c2cccc(C(F)(F)F)c2)C1. The number of carbonyl (C=O) groups is 3. The Morgan fingerprint density at radius 3 is 2.36 bits per heavy atom. The number of aryl methyl sites for hydroxylation is 1. The van der Waals surface area contributed by atoms with Gasteiger partial charge in [0.15, 0.2) is 0 Å². The molecule has 192 valence electrons. The summed E-state index contributed by atoms with van der Waals surface area (Å²) in [6.07, 6.45) is -4.05. The van der Waals surface area contributed by atoms with Crippen molar-refractivity contribution in [3.63, 3.8) is 0 Å². The van der Waals surface area contributed by atoms with Crippen molar-refractivity contribution in [3.05, 3.63) is 70.8 Å². The molecule has 2 aromatic rings. The number of nitrogens with zero attached hydrogens (tertiary/aromatic N) is 1. The number of hydrogen-bond donors (Lipinski definition) is 3. The fraction of sp³-hybridized carbons (Fsp3) is 0.360. The number of nitrogens with one attached hydrogen (secondary N) is 3. The van der Waals surface area contributed by atoms with Gasteiger partial charge in [-0.25, -0.2) is 0 Å². The molecule has 0 saturated carbocycles. The van der Waals surface area contributed by atoms with E-state index >= 15 is 0 Å². The topological polar surface area (TPSA) is 90.5 Å². The van der Waals surface area contributed by atoms with Gasteiger partial charge in [0.05, 0.1) is 24.2 Å². The molecule has 11 heteroatoms. The lowest BCUT2D eigenvalue weighted by Gasteiger charge is -2.39. The highest BCUT2D eigenvalue weighted by Crippen LogP contribution is 2.29. The van der Waals surface area contributed by atoms with Crippen LogP contribution in [0.4, 0.5) is 13.2 Å². The summed E-state index contributed by atoms with van der Waals surface area (Å²) in [6.45, 7) is 3.70. The average molecular weight is 521 g/mol. The molecule has 2 aromatic carbocycles. The standard InChI is InChI=1S/C25H27F3N4O3S/c1-15-6-8-17(9-7-15)24(36)31-20-10-11-32(16(2)33)14-21(20)30-22(34)13-29-23(35)18-4-3-5-19(12-18)25(26,27)28/h3-9,12,20-21H,10-11,13-14H2,1-2H3,(H,29,35)(H,30,34)(H,31,36)/t20-,21+/m0/s1. The number of thiocarbonyl (C=S) groups is 1. The monoisotopic (exact) mass is 520 g/mol. The molecule has 1 heterocycles. The fourth-order valence-corrected chi connectivity index (χ4v) is 4.16. The number of benzene rings is 2. The van der Waals surface area contributed by atoms with Gasteiger partial charge >= 0.3 is 6.18 Å². The summed E-state index contributed by atoms with van der Waals surface area (Å²) in [5, 5.41) is 8.42. The van der Waals surface area contributed by atoms with Crippen LogP contribution in [0.15, 0.2) is 48.5 Å². The van der Waals surface area contributed by atoms with Gasteiger partial charge in [-0.1, -0.05) is 48.1 Å². The highest BCUT2D eigenvalue weighted by Gasteiger charge is 2.33. The van der Waals surface area contributed by atoms with Gasteiger partial charge in [-0.2, -0.15) is 13.2 Å². The van der Waals surface area contributed by atoms with E-state index in [1.165, 1.54) is 13.0 Å². The maximum Gasteiger partial charge on any atom is 0.416 e. The molecule has 36 heavy (non-hydrogen) atoms. The maximum atomic E-state index is 12.9. The predicted molar refractivity (Wildman–Crippen MR) is 132 cm³/mol. The van der Waals surface area contributed by atoms with Gasteiger partial charge in [0, 0.05) is 31.1 Å². The smallest absolute Gasteiger partial charge is 0.371 e. The molecule has 0 spiro atoms. The Morgan fingerprint density at radius 1 is 1.03 bits per heavy atom. The lowest BCUT2D eigenvalue weighted by molar-refractivity contribution is -0.137. The molecule has 0 aliphatic carbocycles. The second-order valence-electron chi connectivity index (χ2n) is 8.63. The molecule has 1 aliphatic rings. The van der Waals surface area contributed by atoms with Gasteiger partial charge in [-0.05, 0) is 31.5 Å². The number of carbonyl (C=O) groups excluding carboxylic acids is 3. The number of amides is 3. The Kier molecular flexibility index (Phi) is 8.67. The minimum absolute atomic E-state index is 0.133. The number of likely N-dealkylation sites (tertiary alicyclic amines) is 1. The second kappa shape index (κ2) is 11.5. The molecule has 2 atom stereocenters. The largest absolute Gasteiger partial charge is 0.416 e. The highest BCUT2D eigenvalue weighted by molar-refractivity contribution is 7.80. The number of hydrogen-bond acceptors (Lipinski definition) is 4. The first-order chi connectivity index (χ1) is 16.9. The summed E-state index contributed by atoms with van der Waals surface area (Å²) in [5.74, 6) is -1.48. The quantitative estimate of drug-likeness (QED) is 0.510. The number of alkyl halides is 3. The van der Waals surface area contributed by atoms with Gasteiger partial charge < -0.3 is 20.9 Å². The van der Waals surface area contributed by atoms with Crippen molar-refractivity contribution in [1.82, 2.24) is 20.9 Å². The van der Waals surface area contributed by atoms with Gasteiger partial charge in [0.2, 0.25) is 11.8 Å².